The normalized spacial score (nSPS) is 10.0. The topological polar surface area (TPSA) is 470 Å². The number of hydrogen-bond acceptors (Lipinski definition) is 20. The molecule has 0 spiro atoms. The van der Waals surface area contributed by atoms with Crippen LogP contribution >= 0.6 is 0 Å². The Labute approximate surface area is 327 Å². The van der Waals surface area contributed by atoms with Crippen molar-refractivity contribution in [2.24, 2.45) is 0 Å². The molecule has 15 N–H and O–H groups in total. The fourth-order valence-electron chi connectivity index (χ4n) is 0.714. The summed E-state index contributed by atoms with van der Waals surface area (Å²) in [5.41, 5.74) is -2.74. The number of rotatable bonds is 5. The largest absolute Gasteiger partial charge is 1.00 e. The van der Waals surface area contributed by atoms with E-state index in [1.807, 2.05) is 0 Å². The van der Waals surface area contributed by atoms with E-state index in [9.17, 15) is 14.4 Å². The average Bonchev–Trinajstić information content (AvgIpc) is 2.26. The molecule has 0 heterocycles. The summed E-state index contributed by atoms with van der Waals surface area (Å²) in [7, 11) is -19.7. The molecule has 0 saturated carbocycles. The van der Waals surface area contributed by atoms with E-state index in [1.165, 1.54) is 0 Å². The zero-order valence-electron chi connectivity index (χ0n) is 20.4. The van der Waals surface area contributed by atoms with Gasteiger partial charge in [0.15, 0.2) is 5.60 Å². The van der Waals surface area contributed by atoms with Crippen LogP contribution in [0.4, 0.5) is 0 Å². The molecule has 202 valence electrons. The van der Waals surface area contributed by atoms with Crippen molar-refractivity contribution in [3.05, 3.63) is 0 Å². The van der Waals surface area contributed by atoms with Crippen LogP contribution in [0, 0.1) is 0 Å². The molecule has 0 aliphatic carbocycles. The molecule has 0 rings (SSSR count). The Morgan fingerprint density at radius 1 is 0.526 bits per heavy atom. The van der Waals surface area contributed by atoms with E-state index in [2.05, 4.69) is 0 Å². The number of hydrogen-bond donors (Lipinski definition) is 15. The summed E-state index contributed by atoms with van der Waals surface area (Å²) in [5, 5.41) is 33.8. The van der Waals surface area contributed by atoms with Crippen LogP contribution in [0.5, 0.6) is 0 Å². The quantitative estimate of drug-likeness (QED) is 0.119. The maximum absolute atomic E-state index is 10.3. The van der Waals surface area contributed by atoms with Gasteiger partial charge in [0, 0.05) is 0 Å². The summed E-state index contributed by atoms with van der Waals surface area (Å²) in [6, 6.07) is 0. The first-order valence-electron chi connectivity index (χ1n) is 6.65. The van der Waals surface area contributed by atoms with Crippen molar-refractivity contribution < 1.29 is 259 Å². The van der Waals surface area contributed by atoms with E-state index < -0.39 is 72.5 Å². The SMILES string of the molecule is O=C(O)CC(O)(CC(=O)O)C(=O)O.O[Si](O)(O)O.O[Si](O)(O)O.[Na+].[Na+].[Na+].[Na+].[Na+].[O-][Si](O)(O)O.[O-][Si]([O-])([O-])[O-]. The Morgan fingerprint density at radius 3 is 0.684 bits per heavy atom. The predicted octanol–water partition coefficient (Wildman–Crippen LogP) is -29.8. The van der Waals surface area contributed by atoms with Crippen molar-refractivity contribution in [1.29, 1.82) is 0 Å². The monoisotopic (exact) mass is 686 g/mol. The summed E-state index contributed by atoms with van der Waals surface area (Å²) in [5.74, 6) is -5.02. The summed E-state index contributed by atoms with van der Waals surface area (Å²) >= 11 is 0. The molecule has 23 nitrogen and oxygen atoms in total. The maximum atomic E-state index is 10.3. The van der Waals surface area contributed by atoms with Gasteiger partial charge in [-0.3, -0.25) is 9.59 Å². The number of aliphatic hydroxyl groups is 1. The molecule has 38 heavy (non-hydrogen) atoms. The van der Waals surface area contributed by atoms with Gasteiger partial charge in [-0.05, 0) is 0 Å². The first kappa shape index (κ1) is 68.7. The Balaban J connectivity index is -0.0000000338. The van der Waals surface area contributed by atoms with Crippen molar-refractivity contribution in [3.63, 3.8) is 0 Å². The fraction of sp³-hybridized carbons (Fsp3) is 0.500. The van der Waals surface area contributed by atoms with Crippen molar-refractivity contribution >= 4 is 54.1 Å². The van der Waals surface area contributed by atoms with Crippen molar-refractivity contribution in [2.75, 3.05) is 0 Å². The van der Waals surface area contributed by atoms with Crippen LogP contribution in [0.1, 0.15) is 12.8 Å². The molecular weight excluding hydrogens is 667 g/mol. The first-order chi connectivity index (χ1) is 13.8. The number of carboxylic acid groups (broad SMARTS) is 3. The molecule has 0 aliphatic heterocycles. The second-order valence-electron chi connectivity index (χ2n) is 4.75. The molecule has 0 aromatic carbocycles. The third-order valence-electron chi connectivity index (χ3n) is 1.29. The minimum atomic E-state index is -5.61. The number of carbonyl (C=O) groups is 3. The van der Waals surface area contributed by atoms with E-state index in [4.69, 9.17) is 97.2 Å². The standard InChI is InChI=1S/C6H8O7.5Na.2H4O4Si.H3O4Si.O4Si/c7-3(8)1-6(13,5(11)12)2-4(9)10;;;;;;4*1-5(2,3)4/h13H,1-2H2,(H,7,8)(H,9,10)(H,11,12);;;;;;2*1-4H;1-3H;/q;5*+1;;;-1;-4. The number of aliphatic carboxylic acids is 3. The molecule has 32 heteroatoms. The van der Waals surface area contributed by atoms with Crippen LogP contribution < -0.4 is 172 Å². The fourth-order valence-corrected chi connectivity index (χ4v) is 0.714. The van der Waals surface area contributed by atoms with Gasteiger partial charge in [0.2, 0.25) is 0 Å². The Kier molecular flexibility index (Phi) is 57.8. The van der Waals surface area contributed by atoms with E-state index in [-0.39, 0.29) is 148 Å². The second kappa shape index (κ2) is 32.0. The van der Waals surface area contributed by atoms with Crippen molar-refractivity contribution in [3.8, 4) is 0 Å². The van der Waals surface area contributed by atoms with Crippen LogP contribution in [-0.2, 0) is 14.4 Å². The number of carboxylic acids is 3. The molecule has 0 amide bonds. The first-order valence-corrected chi connectivity index (χ1v) is 13.6. The van der Waals surface area contributed by atoms with Crippen LogP contribution in [0.2, 0.25) is 0 Å². The van der Waals surface area contributed by atoms with Crippen LogP contribution in [0.15, 0.2) is 0 Å². The maximum Gasteiger partial charge on any atom is 1.00 e. The van der Waals surface area contributed by atoms with Crippen molar-refractivity contribution in [1.82, 2.24) is 0 Å². The third kappa shape index (κ3) is 154. The Morgan fingerprint density at radius 2 is 0.632 bits per heavy atom. The van der Waals surface area contributed by atoms with E-state index in [0.717, 1.165) is 0 Å². The smallest absolute Gasteiger partial charge is 0.894 e. The second-order valence-corrected chi connectivity index (χ2v) is 9.30. The molecule has 0 aromatic rings. The van der Waals surface area contributed by atoms with Gasteiger partial charge in [-0.15, -0.1) is 0 Å². The Bertz CT molecular complexity index is 485. The minimum Gasteiger partial charge on any atom is -0.894 e. The molecular formula is C6H19Na5O23Si4. The summed E-state index contributed by atoms with van der Waals surface area (Å²) in [4.78, 5) is 154. The summed E-state index contributed by atoms with van der Waals surface area (Å²) < 4.78 is 0. The van der Waals surface area contributed by atoms with Gasteiger partial charge in [-0.1, -0.05) is 0 Å². The molecule has 0 fully saturated rings. The van der Waals surface area contributed by atoms with Gasteiger partial charge >= 0.3 is 193 Å². The predicted molar refractivity (Wildman–Crippen MR) is 84.5 cm³/mol. The van der Waals surface area contributed by atoms with Crippen LogP contribution in [0.3, 0.4) is 0 Å². The molecule has 0 aromatic heterocycles. The van der Waals surface area contributed by atoms with Gasteiger partial charge in [-0.25, -0.2) is 4.79 Å². The van der Waals surface area contributed by atoms with Gasteiger partial charge in [0.25, 0.3) is 0 Å². The Hall–Kier alpha value is 3.60. The molecule has 0 bridgehead atoms. The van der Waals surface area contributed by atoms with Crippen LogP contribution in [0.25, 0.3) is 0 Å². The van der Waals surface area contributed by atoms with Gasteiger partial charge in [-0.2, -0.15) is 0 Å². The van der Waals surface area contributed by atoms with E-state index >= 15 is 0 Å². The van der Waals surface area contributed by atoms with Gasteiger partial charge in [0.05, 0.1) is 12.8 Å². The molecule has 0 atom stereocenters. The third-order valence-corrected chi connectivity index (χ3v) is 1.29. The average molecular weight is 686 g/mol. The zero-order valence-corrected chi connectivity index (χ0v) is 34.4. The zero-order chi connectivity index (χ0) is 28.6. The van der Waals surface area contributed by atoms with Gasteiger partial charge in [0.1, 0.15) is 0 Å². The van der Waals surface area contributed by atoms with E-state index in [0.29, 0.717) is 0 Å². The summed E-state index contributed by atoms with van der Waals surface area (Å²) in [6.07, 6.45) is -2.29. The van der Waals surface area contributed by atoms with E-state index in [1.54, 1.807) is 0 Å². The summed E-state index contributed by atoms with van der Waals surface area (Å²) in [6.45, 7) is 0. The molecule has 0 radical (unpaired) electrons. The van der Waals surface area contributed by atoms with Crippen LogP contribution in [-0.4, -0.2) is 133 Å². The molecule has 0 aliphatic rings. The minimum absolute atomic E-state index is 0. The molecule has 0 unspecified atom stereocenters. The molecule has 0 saturated heterocycles. The van der Waals surface area contributed by atoms with Crippen molar-refractivity contribution in [2.45, 2.75) is 18.4 Å². The van der Waals surface area contributed by atoms with Gasteiger partial charge < -0.3 is 106 Å².